The highest BCUT2D eigenvalue weighted by Crippen LogP contribution is 2.40. The highest BCUT2D eigenvalue weighted by Gasteiger charge is 2.27. The summed E-state index contributed by atoms with van der Waals surface area (Å²) in [6.07, 6.45) is 4.86. The number of carbonyl (C=O) groups excluding carboxylic acids is 2. The average molecular weight is 470 g/mol. The number of aromatic nitrogens is 3. The van der Waals surface area contributed by atoms with E-state index in [4.69, 9.17) is 0 Å². The van der Waals surface area contributed by atoms with Gasteiger partial charge in [0.1, 0.15) is 11.3 Å². The Morgan fingerprint density at radius 2 is 1.91 bits per heavy atom. The van der Waals surface area contributed by atoms with Crippen molar-refractivity contribution in [3.05, 3.63) is 47.8 Å². The molecule has 2 aromatic heterocycles. The fourth-order valence-corrected chi connectivity index (χ4v) is 5.84. The van der Waals surface area contributed by atoms with Crippen LogP contribution >= 0.6 is 23.1 Å². The molecule has 0 saturated carbocycles. The summed E-state index contributed by atoms with van der Waals surface area (Å²) in [6, 6.07) is 10.0. The Labute approximate surface area is 196 Å². The van der Waals surface area contributed by atoms with Crippen LogP contribution in [0.5, 0.6) is 0 Å². The molecule has 32 heavy (non-hydrogen) atoms. The molecule has 0 radical (unpaired) electrons. The molecule has 7 nitrogen and oxygen atoms in total. The Morgan fingerprint density at radius 3 is 2.62 bits per heavy atom. The van der Waals surface area contributed by atoms with Gasteiger partial charge < -0.3 is 14.8 Å². The van der Waals surface area contributed by atoms with E-state index in [1.165, 1.54) is 23.1 Å². The van der Waals surface area contributed by atoms with Crippen LogP contribution in [0.1, 0.15) is 42.1 Å². The first-order chi connectivity index (χ1) is 15.6. The van der Waals surface area contributed by atoms with E-state index in [-0.39, 0.29) is 17.6 Å². The van der Waals surface area contributed by atoms with Gasteiger partial charge in [0.05, 0.1) is 11.3 Å². The van der Waals surface area contributed by atoms with Gasteiger partial charge >= 0.3 is 0 Å². The Balaban J connectivity index is 1.59. The van der Waals surface area contributed by atoms with Crippen molar-refractivity contribution in [3.8, 4) is 10.4 Å². The minimum Gasteiger partial charge on any atom is -0.339 e. The fraction of sp³-hybridized carbons (Fsp3) is 0.391. The topological polar surface area (TPSA) is 80.1 Å². The van der Waals surface area contributed by atoms with Gasteiger partial charge in [-0.15, -0.1) is 21.5 Å². The summed E-state index contributed by atoms with van der Waals surface area (Å²) in [7, 11) is 0. The standard InChI is InChI=1S/C23H27N5O2S2/c1-3-27-15-24-26-23(27)31-14-18(29)25-21-19(22(30)28-12-8-5-9-13-28)16(2)20(32-21)17-10-6-4-7-11-17/h4,6-7,10-11,15H,3,5,8-9,12-14H2,1-2H3,(H,25,29). The number of carbonyl (C=O) groups is 2. The van der Waals surface area contributed by atoms with Crippen LogP contribution in [-0.2, 0) is 11.3 Å². The number of thiophene rings is 1. The molecule has 1 aromatic carbocycles. The predicted octanol–water partition coefficient (Wildman–Crippen LogP) is 4.69. The molecule has 4 rings (SSSR count). The molecular weight excluding hydrogens is 442 g/mol. The Morgan fingerprint density at radius 1 is 1.16 bits per heavy atom. The van der Waals surface area contributed by atoms with Crippen molar-refractivity contribution in [1.29, 1.82) is 0 Å². The second-order valence-electron chi connectivity index (χ2n) is 7.72. The zero-order valence-electron chi connectivity index (χ0n) is 18.3. The molecule has 3 heterocycles. The van der Waals surface area contributed by atoms with Crippen molar-refractivity contribution in [2.24, 2.45) is 0 Å². The van der Waals surface area contributed by atoms with Gasteiger partial charge in [-0.3, -0.25) is 9.59 Å². The highest BCUT2D eigenvalue weighted by molar-refractivity contribution is 7.99. The number of rotatable bonds is 7. The molecule has 0 spiro atoms. The van der Waals surface area contributed by atoms with Crippen molar-refractivity contribution in [1.82, 2.24) is 19.7 Å². The molecule has 2 amide bonds. The number of piperidine rings is 1. The Kier molecular flexibility index (Phi) is 7.26. The molecule has 1 N–H and O–H groups in total. The van der Waals surface area contributed by atoms with Crippen LogP contribution in [0.3, 0.4) is 0 Å². The lowest BCUT2D eigenvalue weighted by Crippen LogP contribution is -2.36. The largest absolute Gasteiger partial charge is 0.339 e. The summed E-state index contributed by atoms with van der Waals surface area (Å²) >= 11 is 2.81. The number of nitrogens with zero attached hydrogens (tertiary/aromatic N) is 4. The lowest BCUT2D eigenvalue weighted by Gasteiger charge is -2.27. The van der Waals surface area contributed by atoms with E-state index >= 15 is 0 Å². The fourth-order valence-electron chi connectivity index (χ4n) is 3.84. The van der Waals surface area contributed by atoms with E-state index in [9.17, 15) is 9.59 Å². The maximum absolute atomic E-state index is 13.5. The smallest absolute Gasteiger partial charge is 0.257 e. The van der Waals surface area contributed by atoms with Gasteiger partial charge in [-0.05, 0) is 44.2 Å². The number of aryl methyl sites for hydroxylation is 1. The van der Waals surface area contributed by atoms with Crippen molar-refractivity contribution in [2.45, 2.75) is 44.8 Å². The molecule has 0 bridgehead atoms. The van der Waals surface area contributed by atoms with E-state index in [1.807, 2.05) is 53.6 Å². The molecule has 1 fully saturated rings. The summed E-state index contributed by atoms with van der Waals surface area (Å²) in [5.41, 5.74) is 2.59. The second kappa shape index (κ2) is 10.3. The van der Waals surface area contributed by atoms with Gasteiger partial charge in [0.15, 0.2) is 5.16 Å². The average Bonchev–Trinajstić information content (AvgIpc) is 3.42. The van der Waals surface area contributed by atoms with Gasteiger partial charge in [-0.25, -0.2) is 0 Å². The molecule has 3 aromatic rings. The maximum Gasteiger partial charge on any atom is 0.257 e. The molecular formula is C23H27N5O2S2. The summed E-state index contributed by atoms with van der Waals surface area (Å²) < 4.78 is 1.89. The quantitative estimate of drug-likeness (QED) is 0.508. The summed E-state index contributed by atoms with van der Waals surface area (Å²) in [5, 5.41) is 12.3. The van der Waals surface area contributed by atoms with Crippen molar-refractivity contribution in [2.75, 3.05) is 24.2 Å². The first-order valence-electron chi connectivity index (χ1n) is 10.9. The second-order valence-corrected chi connectivity index (χ2v) is 9.68. The van der Waals surface area contributed by atoms with E-state index in [0.29, 0.717) is 15.7 Å². The van der Waals surface area contributed by atoms with Gasteiger partial charge in [0.25, 0.3) is 5.91 Å². The van der Waals surface area contributed by atoms with Crippen LogP contribution in [0.2, 0.25) is 0 Å². The number of hydrogen-bond donors (Lipinski definition) is 1. The van der Waals surface area contributed by atoms with Gasteiger partial charge in [0, 0.05) is 24.5 Å². The molecule has 1 aliphatic heterocycles. The molecule has 1 aliphatic rings. The number of anilines is 1. The number of nitrogens with one attached hydrogen (secondary N) is 1. The molecule has 0 aliphatic carbocycles. The normalized spacial score (nSPS) is 13.9. The highest BCUT2D eigenvalue weighted by atomic mass is 32.2. The van der Waals surface area contributed by atoms with Crippen LogP contribution in [0.15, 0.2) is 41.8 Å². The third kappa shape index (κ3) is 4.88. The minimum absolute atomic E-state index is 0.00862. The number of thioether (sulfide) groups is 1. The lowest BCUT2D eigenvalue weighted by molar-refractivity contribution is -0.113. The molecule has 168 valence electrons. The number of hydrogen-bond acceptors (Lipinski definition) is 6. The third-order valence-corrected chi connectivity index (χ3v) is 7.78. The molecule has 1 saturated heterocycles. The minimum atomic E-state index is -0.158. The van der Waals surface area contributed by atoms with E-state index in [0.717, 1.165) is 54.9 Å². The van der Waals surface area contributed by atoms with E-state index in [1.54, 1.807) is 6.33 Å². The van der Waals surface area contributed by atoms with Crippen molar-refractivity contribution < 1.29 is 9.59 Å². The van der Waals surface area contributed by atoms with Crippen LogP contribution in [-0.4, -0.2) is 50.3 Å². The van der Waals surface area contributed by atoms with Gasteiger partial charge in [-0.1, -0.05) is 42.1 Å². The Bertz CT molecular complexity index is 1090. The van der Waals surface area contributed by atoms with Crippen LogP contribution in [0.25, 0.3) is 10.4 Å². The van der Waals surface area contributed by atoms with Crippen molar-refractivity contribution in [3.63, 3.8) is 0 Å². The first-order valence-corrected chi connectivity index (χ1v) is 12.7. The monoisotopic (exact) mass is 469 g/mol. The van der Waals surface area contributed by atoms with E-state index in [2.05, 4.69) is 15.5 Å². The third-order valence-electron chi connectivity index (χ3n) is 5.55. The zero-order chi connectivity index (χ0) is 22.5. The molecule has 9 heteroatoms. The summed E-state index contributed by atoms with van der Waals surface area (Å²) in [5.74, 6) is 0.0525. The van der Waals surface area contributed by atoms with E-state index < -0.39 is 0 Å². The lowest BCUT2D eigenvalue weighted by atomic mass is 10.0. The van der Waals surface area contributed by atoms with Crippen LogP contribution in [0.4, 0.5) is 5.00 Å². The summed E-state index contributed by atoms with van der Waals surface area (Å²) in [4.78, 5) is 29.2. The van der Waals surface area contributed by atoms with Crippen LogP contribution in [0, 0.1) is 6.92 Å². The Hall–Kier alpha value is -2.65. The van der Waals surface area contributed by atoms with Crippen molar-refractivity contribution >= 4 is 39.9 Å². The zero-order valence-corrected chi connectivity index (χ0v) is 20.0. The number of likely N-dealkylation sites (tertiary alicyclic amines) is 1. The SMILES string of the molecule is CCn1cnnc1SCC(=O)Nc1sc(-c2ccccc2)c(C)c1C(=O)N1CCCCC1. The number of amides is 2. The molecule has 0 unspecified atom stereocenters. The van der Waals surface area contributed by atoms with Gasteiger partial charge in [0.2, 0.25) is 5.91 Å². The van der Waals surface area contributed by atoms with Gasteiger partial charge in [-0.2, -0.15) is 0 Å². The van der Waals surface area contributed by atoms with Crippen LogP contribution < -0.4 is 5.32 Å². The predicted molar refractivity (Wildman–Crippen MR) is 129 cm³/mol. The summed E-state index contributed by atoms with van der Waals surface area (Å²) in [6.45, 7) is 6.26. The first kappa shape index (κ1) is 22.5. The molecule has 0 atom stereocenters. The maximum atomic E-state index is 13.5. The number of benzene rings is 1.